The Hall–Kier alpha value is -5.30. The maximum atomic E-state index is 12.2. The van der Waals surface area contributed by atoms with Gasteiger partial charge in [-0.05, 0) is 46.2 Å². The Bertz CT molecular complexity index is 2340. The Morgan fingerprint density at radius 3 is 2.00 bits per heavy atom. The van der Waals surface area contributed by atoms with Crippen LogP contribution < -0.4 is 0 Å². The normalized spacial score (nSPS) is 11.6. The molecule has 0 bridgehead atoms. The van der Waals surface area contributed by atoms with E-state index in [1.807, 2.05) is 81.4 Å². The third-order valence-corrected chi connectivity index (χ3v) is 9.09. The third kappa shape index (κ3) is 6.65. The molecule has 2 heterocycles. The van der Waals surface area contributed by atoms with Crippen molar-refractivity contribution in [3.63, 3.8) is 0 Å². The number of benzene rings is 5. The molecule has 0 radical (unpaired) electrons. The van der Waals surface area contributed by atoms with E-state index in [1.165, 1.54) is 0 Å². The molecule has 0 saturated heterocycles. The fourth-order valence-corrected chi connectivity index (χ4v) is 6.74. The minimum atomic E-state index is -0.497. The molecule has 1 N–H and O–H groups in total. The van der Waals surface area contributed by atoms with E-state index >= 15 is 0 Å². The van der Waals surface area contributed by atoms with Crippen LogP contribution in [0.5, 0.6) is 5.75 Å². The summed E-state index contributed by atoms with van der Waals surface area (Å²) < 4.78 is 2.12. The second kappa shape index (κ2) is 13.8. The van der Waals surface area contributed by atoms with Gasteiger partial charge in [0.1, 0.15) is 11.6 Å². The zero-order valence-electron chi connectivity index (χ0n) is 29.6. The van der Waals surface area contributed by atoms with Crippen LogP contribution in [-0.2, 0) is 31.9 Å². The van der Waals surface area contributed by atoms with Gasteiger partial charge in [-0.2, -0.15) is 0 Å². The number of hydrogen-bond acceptors (Lipinski definition) is 3. The molecule has 6 heteroatoms. The zero-order chi connectivity index (χ0) is 35.2. The van der Waals surface area contributed by atoms with Gasteiger partial charge < -0.3 is 5.11 Å². The molecular weight excluding hydrogens is 808 g/mol. The van der Waals surface area contributed by atoms with E-state index in [2.05, 4.69) is 95.8 Å². The minimum absolute atomic E-state index is 0. The van der Waals surface area contributed by atoms with E-state index in [1.54, 1.807) is 6.20 Å². The Morgan fingerprint density at radius 1 is 0.706 bits per heavy atom. The molecular formula is C45H39N4OPt-. The third-order valence-electron chi connectivity index (χ3n) is 9.09. The van der Waals surface area contributed by atoms with Gasteiger partial charge in [-0.25, -0.2) is 9.83 Å². The van der Waals surface area contributed by atoms with E-state index in [-0.39, 0.29) is 32.2 Å². The number of imidazole rings is 1. The van der Waals surface area contributed by atoms with Crippen LogP contribution in [-0.4, -0.2) is 19.6 Å². The number of aromatic hydroxyl groups is 1. The minimum Gasteiger partial charge on any atom is -0.508 e. The predicted octanol–water partition coefficient (Wildman–Crippen LogP) is 11.7. The summed E-state index contributed by atoms with van der Waals surface area (Å²) >= 11 is 0. The van der Waals surface area contributed by atoms with Crippen molar-refractivity contribution >= 4 is 16.7 Å². The van der Waals surface area contributed by atoms with E-state index in [4.69, 9.17) is 11.6 Å². The van der Waals surface area contributed by atoms with Gasteiger partial charge in [0.05, 0.1) is 23.2 Å². The van der Waals surface area contributed by atoms with Gasteiger partial charge in [0.15, 0.2) is 5.69 Å². The molecule has 256 valence electrons. The van der Waals surface area contributed by atoms with Crippen LogP contribution in [0.3, 0.4) is 0 Å². The molecule has 5 aromatic carbocycles. The number of nitrogens with zero attached hydrogens (tertiary/aromatic N) is 4. The summed E-state index contributed by atoms with van der Waals surface area (Å²) in [5.74, 6) is 0.688. The van der Waals surface area contributed by atoms with Crippen LogP contribution in [0.15, 0.2) is 121 Å². The summed E-state index contributed by atoms with van der Waals surface area (Å²) in [6, 6.07) is 42.5. The van der Waals surface area contributed by atoms with Crippen molar-refractivity contribution in [3.05, 3.63) is 150 Å². The first kappa shape index (κ1) is 35.5. The molecule has 5 nitrogen and oxygen atoms in total. The van der Waals surface area contributed by atoms with E-state index < -0.39 is 5.41 Å². The van der Waals surface area contributed by atoms with Gasteiger partial charge in [0.2, 0.25) is 0 Å². The van der Waals surface area contributed by atoms with Gasteiger partial charge in [-0.3, -0.25) is 9.55 Å². The summed E-state index contributed by atoms with van der Waals surface area (Å²) in [7, 11) is 0. The Balaban J connectivity index is 0.00000448. The van der Waals surface area contributed by atoms with Crippen LogP contribution in [0.1, 0.15) is 52.7 Å². The Labute approximate surface area is 314 Å². The number of rotatable bonds is 5. The number of phenolic OH excluding ortho intramolecular Hbond substituents is 1. The summed E-state index contributed by atoms with van der Waals surface area (Å²) in [6.45, 7) is 20.6. The van der Waals surface area contributed by atoms with E-state index in [9.17, 15) is 5.11 Å². The number of hydrogen-bond donors (Lipinski definition) is 1. The fourth-order valence-electron chi connectivity index (χ4n) is 6.74. The van der Waals surface area contributed by atoms with Crippen molar-refractivity contribution in [2.45, 2.75) is 52.4 Å². The predicted molar refractivity (Wildman–Crippen MR) is 205 cm³/mol. The SMILES string of the molecule is [C-]#[N+]c1c(C(C)(C)C)cc(-c2nc3c(-c4[c-]c(-c5ccccn5)cc(-c5ccccc5)c4)cccc3n2-c2ccccc2)c(O)c1C(C)(C)C.[Pt]. The van der Waals surface area contributed by atoms with Gasteiger partial charge >= 0.3 is 0 Å². The molecule has 0 atom stereocenters. The van der Waals surface area contributed by atoms with Crippen molar-refractivity contribution < 1.29 is 26.2 Å². The van der Waals surface area contributed by atoms with Crippen molar-refractivity contribution in [2.75, 3.05) is 0 Å². The molecule has 0 saturated carbocycles. The molecule has 0 spiro atoms. The van der Waals surface area contributed by atoms with E-state index in [0.717, 1.165) is 55.8 Å². The fraction of sp³-hybridized carbons (Fsp3) is 0.178. The van der Waals surface area contributed by atoms with Gasteiger partial charge in [-0.15, -0.1) is 23.8 Å². The van der Waals surface area contributed by atoms with Crippen molar-refractivity contribution in [1.29, 1.82) is 0 Å². The van der Waals surface area contributed by atoms with Crippen LogP contribution in [0.2, 0.25) is 0 Å². The first-order valence-corrected chi connectivity index (χ1v) is 16.9. The van der Waals surface area contributed by atoms with Crippen molar-refractivity contribution in [3.8, 4) is 56.3 Å². The van der Waals surface area contributed by atoms with Crippen LogP contribution in [0.25, 0.3) is 66.5 Å². The van der Waals surface area contributed by atoms with Crippen LogP contribution in [0.4, 0.5) is 5.69 Å². The molecule has 0 aliphatic carbocycles. The second-order valence-corrected chi connectivity index (χ2v) is 14.7. The first-order chi connectivity index (χ1) is 24.0. The smallest absolute Gasteiger partial charge is 0.198 e. The summed E-state index contributed by atoms with van der Waals surface area (Å²) in [5.41, 5.74) is 10.0. The quantitative estimate of drug-likeness (QED) is 0.176. The molecule has 0 aliphatic heterocycles. The number of para-hydroxylation sites is 2. The average Bonchev–Trinajstić information content (AvgIpc) is 3.51. The van der Waals surface area contributed by atoms with Gasteiger partial charge in [-0.1, -0.05) is 137 Å². The molecule has 2 aromatic heterocycles. The summed E-state index contributed by atoms with van der Waals surface area (Å²) in [4.78, 5) is 14.0. The molecule has 0 unspecified atom stereocenters. The Morgan fingerprint density at radius 2 is 1.37 bits per heavy atom. The van der Waals surface area contributed by atoms with Gasteiger partial charge in [0.25, 0.3) is 0 Å². The maximum absolute atomic E-state index is 12.2. The molecule has 51 heavy (non-hydrogen) atoms. The molecule has 7 aromatic rings. The number of fused-ring (bicyclic) bond motifs is 1. The topological polar surface area (TPSA) is 55.3 Å². The molecule has 0 aliphatic rings. The monoisotopic (exact) mass is 846 g/mol. The first-order valence-electron chi connectivity index (χ1n) is 16.9. The maximum Gasteiger partial charge on any atom is 0.198 e. The molecule has 7 rings (SSSR count). The molecule has 0 amide bonds. The number of aromatic nitrogens is 3. The zero-order valence-corrected chi connectivity index (χ0v) is 31.9. The van der Waals surface area contributed by atoms with Crippen LogP contribution >= 0.6 is 0 Å². The standard InChI is InChI=1S/C45H39N4O.Pt/c1-44(2,3)36-28-35(42(50)39(41(36)46-7)45(4,5)6)43-48-40-34(21-16-23-38(40)49(43)33-19-12-9-13-20-33)31-25-30(29-17-10-8-11-18-29)26-32(27-31)37-22-14-15-24-47-37;/h8-26,28,50H,1-6H3;/q-1;. The molecule has 0 fully saturated rings. The van der Waals surface area contributed by atoms with E-state index in [0.29, 0.717) is 22.6 Å². The van der Waals surface area contributed by atoms with Crippen molar-refractivity contribution in [1.82, 2.24) is 14.5 Å². The second-order valence-electron chi connectivity index (χ2n) is 14.7. The largest absolute Gasteiger partial charge is 0.508 e. The number of phenols is 1. The summed E-state index contributed by atoms with van der Waals surface area (Å²) in [6.07, 6.45) is 1.80. The average molecular weight is 847 g/mol. The summed E-state index contributed by atoms with van der Waals surface area (Å²) in [5, 5.41) is 12.2. The van der Waals surface area contributed by atoms with Crippen molar-refractivity contribution in [2.24, 2.45) is 0 Å². The Kier molecular flexibility index (Phi) is 9.60. The van der Waals surface area contributed by atoms with Gasteiger partial charge in [0, 0.05) is 44.2 Å². The number of pyridine rings is 1. The van der Waals surface area contributed by atoms with Crippen LogP contribution in [0, 0.1) is 12.6 Å².